The van der Waals surface area contributed by atoms with Gasteiger partial charge >= 0.3 is 0 Å². The van der Waals surface area contributed by atoms with Gasteiger partial charge in [0, 0.05) is 5.56 Å². The average molecular weight is 372 g/mol. The zero-order valence-electron chi connectivity index (χ0n) is 11.3. The Hall–Kier alpha value is -1.79. The minimum atomic E-state index is -0.285. The standard InChI is InChI=1S/C14H12BrClN2O3/c1-20-11-4-3-8(5-12(11)21-2)14(19)18-9-6-10(15)13(16)17-7-9/h3-7H,1-2H3,(H,18,19). The lowest BCUT2D eigenvalue weighted by Gasteiger charge is -2.10. The Kier molecular flexibility index (Phi) is 5.03. The van der Waals surface area contributed by atoms with Gasteiger partial charge in [-0.3, -0.25) is 4.79 Å². The molecule has 0 spiro atoms. The number of nitrogens with one attached hydrogen (secondary N) is 1. The van der Waals surface area contributed by atoms with Crippen molar-refractivity contribution in [1.29, 1.82) is 0 Å². The van der Waals surface area contributed by atoms with Gasteiger partial charge in [-0.25, -0.2) is 4.98 Å². The molecular weight excluding hydrogens is 360 g/mol. The second-order valence-electron chi connectivity index (χ2n) is 4.02. The fourth-order valence-corrected chi connectivity index (χ4v) is 2.12. The third-order valence-corrected chi connectivity index (χ3v) is 3.83. The Bertz CT molecular complexity index is 679. The van der Waals surface area contributed by atoms with Gasteiger partial charge < -0.3 is 14.8 Å². The number of aromatic nitrogens is 1. The Morgan fingerprint density at radius 3 is 2.57 bits per heavy atom. The molecule has 1 aromatic heterocycles. The van der Waals surface area contributed by atoms with Crippen molar-refractivity contribution in [2.24, 2.45) is 0 Å². The smallest absolute Gasteiger partial charge is 0.255 e. The second kappa shape index (κ2) is 6.78. The van der Waals surface area contributed by atoms with Gasteiger partial charge in [0.25, 0.3) is 5.91 Å². The summed E-state index contributed by atoms with van der Waals surface area (Å²) in [6, 6.07) is 6.60. The molecule has 0 bridgehead atoms. The lowest BCUT2D eigenvalue weighted by molar-refractivity contribution is 0.102. The Morgan fingerprint density at radius 1 is 1.24 bits per heavy atom. The number of halogens is 2. The van der Waals surface area contributed by atoms with Gasteiger partial charge in [-0.15, -0.1) is 0 Å². The number of pyridine rings is 1. The van der Waals surface area contributed by atoms with Gasteiger partial charge in [-0.2, -0.15) is 0 Å². The van der Waals surface area contributed by atoms with E-state index in [1.165, 1.54) is 20.4 Å². The highest BCUT2D eigenvalue weighted by Gasteiger charge is 2.11. The molecule has 0 atom stereocenters. The number of hydrogen-bond donors (Lipinski definition) is 1. The van der Waals surface area contributed by atoms with E-state index >= 15 is 0 Å². The number of carbonyl (C=O) groups excluding carboxylic acids is 1. The summed E-state index contributed by atoms with van der Waals surface area (Å²) in [5, 5.41) is 3.06. The zero-order chi connectivity index (χ0) is 15.4. The number of amides is 1. The highest BCUT2D eigenvalue weighted by molar-refractivity contribution is 9.10. The highest BCUT2D eigenvalue weighted by atomic mass is 79.9. The van der Waals surface area contributed by atoms with E-state index in [1.807, 2.05) is 0 Å². The van der Waals surface area contributed by atoms with Gasteiger partial charge in [0.05, 0.1) is 30.6 Å². The van der Waals surface area contributed by atoms with Crippen molar-refractivity contribution < 1.29 is 14.3 Å². The van der Waals surface area contributed by atoms with Gasteiger partial charge in [0.2, 0.25) is 0 Å². The van der Waals surface area contributed by atoms with Gasteiger partial charge in [-0.05, 0) is 40.2 Å². The number of carbonyl (C=O) groups is 1. The summed E-state index contributed by atoms with van der Waals surface area (Å²) in [6.45, 7) is 0. The first kappa shape index (κ1) is 15.6. The predicted octanol–water partition coefficient (Wildman–Crippen LogP) is 3.77. The van der Waals surface area contributed by atoms with E-state index < -0.39 is 0 Å². The molecule has 0 saturated carbocycles. The van der Waals surface area contributed by atoms with Crippen molar-refractivity contribution >= 4 is 39.1 Å². The SMILES string of the molecule is COc1ccc(C(=O)Nc2cnc(Cl)c(Br)c2)cc1OC. The molecule has 1 amide bonds. The maximum atomic E-state index is 12.2. The van der Waals surface area contributed by atoms with E-state index in [0.717, 1.165) is 0 Å². The molecule has 0 radical (unpaired) electrons. The first-order valence-corrected chi connectivity index (χ1v) is 7.06. The van der Waals surface area contributed by atoms with Crippen molar-refractivity contribution in [1.82, 2.24) is 4.98 Å². The summed E-state index contributed by atoms with van der Waals surface area (Å²) in [4.78, 5) is 16.1. The molecule has 0 aliphatic rings. The highest BCUT2D eigenvalue weighted by Crippen LogP contribution is 2.28. The van der Waals surface area contributed by atoms with Crippen LogP contribution in [0.2, 0.25) is 5.15 Å². The van der Waals surface area contributed by atoms with Crippen molar-refractivity contribution in [3.05, 3.63) is 45.7 Å². The molecule has 1 N–H and O–H groups in total. The summed E-state index contributed by atoms with van der Waals surface area (Å²) >= 11 is 9.06. The maximum absolute atomic E-state index is 12.2. The van der Waals surface area contributed by atoms with Crippen LogP contribution < -0.4 is 14.8 Å². The van der Waals surface area contributed by atoms with Gasteiger partial charge in [0.1, 0.15) is 5.15 Å². The van der Waals surface area contributed by atoms with Crippen molar-refractivity contribution in [3.63, 3.8) is 0 Å². The van der Waals surface area contributed by atoms with Crippen LogP contribution in [0.5, 0.6) is 11.5 Å². The second-order valence-corrected chi connectivity index (χ2v) is 5.23. The molecule has 7 heteroatoms. The first-order chi connectivity index (χ1) is 10.0. The molecule has 2 rings (SSSR count). The molecule has 0 aliphatic carbocycles. The third-order valence-electron chi connectivity index (χ3n) is 2.70. The van der Waals surface area contributed by atoms with E-state index in [2.05, 4.69) is 26.2 Å². The fourth-order valence-electron chi connectivity index (χ4n) is 1.67. The van der Waals surface area contributed by atoms with Crippen LogP contribution in [0.15, 0.2) is 34.9 Å². The average Bonchev–Trinajstić information content (AvgIpc) is 2.50. The third kappa shape index (κ3) is 3.65. The minimum Gasteiger partial charge on any atom is -0.493 e. The molecule has 1 aromatic carbocycles. The number of rotatable bonds is 4. The molecule has 110 valence electrons. The van der Waals surface area contributed by atoms with Crippen molar-refractivity contribution in [2.45, 2.75) is 0 Å². The molecule has 0 saturated heterocycles. The lowest BCUT2D eigenvalue weighted by Crippen LogP contribution is -2.12. The molecular formula is C14H12BrClN2O3. The zero-order valence-corrected chi connectivity index (χ0v) is 13.7. The van der Waals surface area contributed by atoms with Gasteiger partial charge in [-0.1, -0.05) is 11.6 Å². The van der Waals surface area contributed by atoms with E-state index in [4.69, 9.17) is 21.1 Å². The van der Waals surface area contributed by atoms with E-state index in [-0.39, 0.29) is 5.91 Å². The molecule has 2 aromatic rings. The molecule has 0 fully saturated rings. The number of anilines is 1. The van der Waals surface area contributed by atoms with Crippen LogP contribution in [-0.4, -0.2) is 25.1 Å². The quantitative estimate of drug-likeness (QED) is 0.831. The Balaban J connectivity index is 2.21. The minimum absolute atomic E-state index is 0.285. The number of nitrogens with zero attached hydrogens (tertiary/aromatic N) is 1. The van der Waals surface area contributed by atoms with Gasteiger partial charge in [0.15, 0.2) is 11.5 Å². The number of benzene rings is 1. The Labute approximate surface area is 135 Å². The summed E-state index contributed by atoms with van der Waals surface area (Å²) < 4.78 is 10.9. The largest absolute Gasteiger partial charge is 0.493 e. The summed E-state index contributed by atoms with van der Waals surface area (Å²) in [7, 11) is 3.05. The van der Waals surface area contributed by atoms with Crippen LogP contribution in [-0.2, 0) is 0 Å². The molecule has 0 aliphatic heterocycles. The topological polar surface area (TPSA) is 60.5 Å². The van der Waals surface area contributed by atoms with Crippen LogP contribution in [0, 0.1) is 0 Å². The number of hydrogen-bond acceptors (Lipinski definition) is 4. The van der Waals surface area contributed by atoms with Crippen molar-refractivity contribution in [2.75, 3.05) is 19.5 Å². The van der Waals surface area contributed by atoms with Crippen LogP contribution in [0.4, 0.5) is 5.69 Å². The van der Waals surface area contributed by atoms with Crippen LogP contribution in [0.1, 0.15) is 10.4 Å². The number of ether oxygens (including phenoxy) is 2. The van der Waals surface area contributed by atoms with Crippen LogP contribution >= 0.6 is 27.5 Å². The first-order valence-electron chi connectivity index (χ1n) is 5.89. The van der Waals surface area contributed by atoms with Crippen LogP contribution in [0.3, 0.4) is 0 Å². The molecule has 21 heavy (non-hydrogen) atoms. The number of methoxy groups -OCH3 is 2. The fraction of sp³-hybridized carbons (Fsp3) is 0.143. The van der Waals surface area contributed by atoms with Crippen LogP contribution in [0.25, 0.3) is 0 Å². The molecule has 5 nitrogen and oxygen atoms in total. The monoisotopic (exact) mass is 370 g/mol. The summed E-state index contributed by atoms with van der Waals surface area (Å²) in [5.74, 6) is 0.762. The van der Waals surface area contributed by atoms with E-state index in [9.17, 15) is 4.79 Å². The normalized spacial score (nSPS) is 10.1. The Morgan fingerprint density at radius 2 is 1.95 bits per heavy atom. The predicted molar refractivity (Wildman–Crippen MR) is 84.4 cm³/mol. The molecule has 1 heterocycles. The lowest BCUT2D eigenvalue weighted by atomic mass is 10.2. The van der Waals surface area contributed by atoms with E-state index in [0.29, 0.717) is 32.4 Å². The molecule has 0 unspecified atom stereocenters. The summed E-state index contributed by atoms with van der Waals surface area (Å²) in [5.41, 5.74) is 0.977. The maximum Gasteiger partial charge on any atom is 0.255 e. The van der Waals surface area contributed by atoms with Crippen molar-refractivity contribution in [3.8, 4) is 11.5 Å². The van der Waals surface area contributed by atoms with E-state index in [1.54, 1.807) is 24.3 Å². The summed E-state index contributed by atoms with van der Waals surface area (Å²) in [6.07, 6.45) is 1.48.